The van der Waals surface area contributed by atoms with E-state index in [2.05, 4.69) is 5.10 Å². The van der Waals surface area contributed by atoms with Gasteiger partial charge in [-0.2, -0.15) is 18.3 Å². The molecule has 3 heterocycles. The molecule has 0 spiro atoms. The van der Waals surface area contributed by atoms with Crippen molar-refractivity contribution in [3.8, 4) is 0 Å². The van der Waals surface area contributed by atoms with Crippen molar-refractivity contribution in [1.82, 2.24) is 14.3 Å². The minimum atomic E-state index is -4.41. The third-order valence-corrected chi connectivity index (χ3v) is 4.29. The molecule has 3 aromatic rings. The van der Waals surface area contributed by atoms with Crippen LogP contribution in [0.25, 0.3) is 0 Å². The lowest BCUT2D eigenvalue weighted by Crippen LogP contribution is -2.20. The highest BCUT2D eigenvalue weighted by molar-refractivity contribution is 6.00. The Balaban J connectivity index is 1.61. The van der Waals surface area contributed by atoms with Crippen LogP contribution in [0.4, 0.5) is 13.2 Å². The maximum absolute atomic E-state index is 12.7. The smallest absolute Gasteiger partial charge is 0.406 e. The van der Waals surface area contributed by atoms with Gasteiger partial charge in [-0.25, -0.2) is 4.79 Å². The number of Topliss-reactive ketones (excluding diaryl/α,β-unsaturated/α-hetero) is 1. The van der Waals surface area contributed by atoms with E-state index in [1.54, 1.807) is 29.2 Å². The normalized spacial score (nSPS) is 11.6. The number of rotatable bonds is 7. The predicted molar refractivity (Wildman–Crippen MR) is 94.6 cm³/mol. The molecule has 0 aliphatic rings. The van der Waals surface area contributed by atoms with Crippen LogP contribution in [0.5, 0.6) is 0 Å². The SMILES string of the molecule is Cc1cc(C(=O)COC(=O)c2ccc(Cn3cccn3)o2)c(C)n1CC(F)(F)F. The fourth-order valence-corrected chi connectivity index (χ4v) is 2.91. The molecule has 0 amide bonds. The Morgan fingerprint density at radius 3 is 2.66 bits per heavy atom. The molecule has 0 atom stereocenters. The summed E-state index contributed by atoms with van der Waals surface area (Å²) in [5, 5.41) is 4.02. The van der Waals surface area contributed by atoms with Crippen LogP contribution in [-0.4, -0.2) is 38.9 Å². The first kappa shape index (κ1) is 20.4. The summed E-state index contributed by atoms with van der Waals surface area (Å²) >= 11 is 0. The van der Waals surface area contributed by atoms with Gasteiger partial charge in [-0.15, -0.1) is 0 Å². The number of carbonyl (C=O) groups is 2. The van der Waals surface area contributed by atoms with Crippen molar-refractivity contribution in [3.63, 3.8) is 0 Å². The average molecular weight is 409 g/mol. The van der Waals surface area contributed by atoms with E-state index in [-0.39, 0.29) is 17.0 Å². The quantitative estimate of drug-likeness (QED) is 0.441. The van der Waals surface area contributed by atoms with Crippen molar-refractivity contribution in [2.45, 2.75) is 33.1 Å². The summed E-state index contributed by atoms with van der Waals surface area (Å²) in [5.74, 6) is -1.04. The van der Waals surface area contributed by atoms with Gasteiger partial charge in [-0.3, -0.25) is 9.48 Å². The Morgan fingerprint density at radius 1 is 1.24 bits per heavy atom. The Hall–Kier alpha value is -3.30. The maximum Gasteiger partial charge on any atom is 0.406 e. The Morgan fingerprint density at radius 2 is 2.00 bits per heavy atom. The lowest BCUT2D eigenvalue weighted by molar-refractivity contribution is -0.141. The molecule has 0 N–H and O–H groups in total. The molecule has 0 fully saturated rings. The second kappa shape index (κ2) is 7.98. The highest BCUT2D eigenvalue weighted by Crippen LogP contribution is 2.23. The fourth-order valence-electron chi connectivity index (χ4n) is 2.91. The molecule has 0 aliphatic heterocycles. The van der Waals surface area contributed by atoms with Gasteiger partial charge in [0.1, 0.15) is 12.3 Å². The summed E-state index contributed by atoms with van der Waals surface area (Å²) < 4.78 is 51.0. The molecular weight excluding hydrogens is 391 g/mol. The highest BCUT2D eigenvalue weighted by Gasteiger charge is 2.30. The van der Waals surface area contributed by atoms with Crippen molar-refractivity contribution < 1.29 is 31.9 Å². The standard InChI is InChI=1S/C19H18F3N3O4/c1-12-8-15(13(2)25(12)11-19(20,21)22)16(26)10-28-18(27)17-5-4-14(29-17)9-24-7-3-6-23-24/h3-8H,9-11H2,1-2H3. The van der Waals surface area contributed by atoms with Crippen LogP contribution >= 0.6 is 0 Å². The van der Waals surface area contributed by atoms with Crippen molar-refractivity contribution in [3.05, 3.63) is 65.1 Å². The number of carbonyl (C=O) groups excluding carboxylic acids is 2. The van der Waals surface area contributed by atoms with Crippen molar-refractivity contribution in [2.75, 3.05) is 6.61 Å². The maximum atomic E-state index is 12.7. The first-order chi connectivity index (χ1) is 13.6. The number of esters is 1. The number of halogens is 3. The van der Waals surface area contributed by atoms with Crippen molar-refractivity contribution in [2.24, 2.45) is 0 Å². The zero-order valence-corrected chi connectivity index (χ0v) is 15.7. The zero-order chi connectivity index (χ0) is 21.2. The molecule has 29 heavy (non-hydrogen) atoms. The van der Waals surface area contributed by atoms with Crippen LogP contribution in [0.2, 0.25) is 0 Å². The number of ketones is 1. The van der Waals surface area contributed by atoms with Crippen LogP contribution in [0.3, 0.4) is 0 Å². The molecule has 10 heteroatoms. The predicted octanol–water partition coefficient (Wildman–Crippen LogP) is 3.54. The van der Waals surface area contributed by atoms with E-state index in [0.717, 1.165) is 4.57 Å². The molecule has 0 aliphatic carbocycles. The van der Waals surface area contributed by atoms with Gasteiger partial charge >= 0.3 is 12.1 Å². The van der Waals surface area contributed by atoms with Crippen LogP contribution in [0, 0.1) is 13.8 Å². The largest absolute Gasteiger partial charge is 0.452 e. The Bertz CT molecular complexity index is 1020. The van der Waals surface area contributed by atoms with Crippen molar-refractivity contribution >= 4 is 11.8 Å². The van der Waals surface area contributed by atoms with Crippen LogP contribution < -0.4 is 0 Å². The van der Waals surface area contributed by atoms with E-state index in [0.29, 0.717) is 18.0 Å². The van der Waals surface area contributed by atoms with E-state index in [9.17, 15) is 22.8 Å². The van der Waals surface area contributed by atoms with E-state index in [1.165, 1.54) is 26.0 Å². The summed E-state index contributed by atoms with van der Waals surface area (Å²) in [7, 11) is 0. The molecule has 0 bridgehead atoms. The molecule has 154 valence electrons. The summed E-state index contributed by atoms with van der Waals surface area (Å²) in [6, 6.07) is 6.10. The molecule has 3 rings (SSSR count). The number of aromatic nitrogens is 3. The number of furan rings is 1. The summed E-state index contributed by atoms with van der Waals surface area (Å²) in [4.78, 5) is 24.4. The second-order valence-electron chi connectivity index (χ2n) is 6.46. The molecule has 0 saturated heterocycles. The summed E-state index contributed by atoms with van der Waals surface area (Å²) in [6.45, 7) is 1.42. The van der Waals surface area contributed by atoms with E-state index >= 15 is 0 Å². The van der Waals surface area contributed by atoms with Gasteiger partial charge in [-0.05, 0) is 38.1 Å². The monoisotopic (exact) mass is 409 g/mol. The molecule has 3 aromatic heterocycles. The van der Waals surface area contributed by atoms with Crippen molar-refractivity contribution in [1.29, 1.82) is 0 Å². The third-order valence-electron chi connectivity index (χ3n) is 4.29. The number of alkyl halides is 3. The summed E-state index contributed by atoms with van der Waals surface area (Å²) in [6.07, 6.45) is -1.07. The molecule has 0 aromatic carbocycles. The van der Waals surface area contributed by atoms with Gasteiger partial charge in [0.15, 0.2) is 6.61 Å². The number of hydrogen-bond donors (Lipinski definition) is 0. The number of nitrogens with zero attached hydrogens (tertiary/aromatic N) is 3. The van der Waals surface area contributed by atoms with E-state index in [4.69, 9.17) is 9.15 Å². The van der Waals surface area contributed by atoms with Gasteiger partial charge in [-0.1, -0.05) is 0 Å². The first-order valence-electron chi connectivity index (χ1n) is 8.64. The van der Waals surface area contributed by atoms with Gasteiger partial charge in [0.05, 0.1) is 6.54 Å². The Kier molecular flexibility index (Phi) is 5.62. The van der Waals surface area contributed by atoms with Gasteiger partial charge in [0.25, 0.3) is 0 Å². The molecule has 0 radical (unpaired) electrons. The lowest BCUT2D eigenvalue weighted by Gasteiger charge is -2.12. The molecule has 0 saturated carbocycles. The third kappa shape index (κ3) is 4.95. The van der Waals surface area contributed by atoms with Gasteiger partial charge in [0.2, 0.25) is 11.5 Å². The van der Waals surface area contributed by atoms with Gasteiger partial charge < -0.3 is 13.7 Å². The second-order valence-corrected chi connectivity index (χ2v) is 6.46. The average Bonchev–Trinajstić information content (AvgIpc) is 3.37. The zero-order valence-electron chi connectivity index (χ0n) is 15.7. The van der Waals surface area contributed by atoms with Gasteiger partial charge in [0, 0.05) is 29.3 Å². The number of hydrogen-bond acceptors (Lipinski definition) is 5. The van der Waals surface area contributed by atoms with Crippen LogP contribution in [0.1, 0.15) is 38.1 Å². The highest BCUT2D eigenvalue weighted by atomic mass is 19.4. The first-order valence-corrected chi connectivity index (χ1v) is 8.64. The Labute approximate surface area is 163 Å². The fraction of sp³-hybridized carbons (Fsp3) is 0.316. The molecular formula is C19H18F3N3O4. The van der Waals surface area contributed by atoms with Crippen LogP contribution in [0.15, 0.2) is 41.1 Å². The van der Waals surface area contributed by atoms with E-state index in [1.807, 2.05) is 0 Å². The number of aryl methyl sites for hydroxylation is 1. The minimum absolute atomic E-state index is 0.0810. The lowest BCUT2D eigenvalue weighted by atomic mass is 10.1. The summed E-state index contributed by atoms with van der Waals surface area (Å²) in [5.41, 5.74) is 0.544. The van der Waals surface area contributed by atoms with E-state index < -0.39 is 31.1 Å². The minimum Gasteiger partial charge on any atom is -0.452 e. The van der Waals surface area contributed by atoms with Crippen LogP contribution in [-0.2, 0) is 17.8 Å². The topological polar surface area (TPSA) is 79.3 Å². The molecule has 0 unspecified atom stereocenters. The molecule has 7 nitrogen and oxygen atoms in total. The number of ether oxygens (including phenoxy) is 1.